The van der Waals surface area contributed by atoms with Gasteiger partial charge in [-0.2, -0.15) is 23.5 Å². The average molecular weight is 536 g/mol. The molecule has 10 N–H and O–H groups in total. The Balaban J connectivity index is 5.29. The van der Waals surface area contributed by atoms with Crippen LogP contribution in [0.15, 0.2) is 4.99 Å². The van der Waals surface area contributed by atoms with Crippen LogP contribution in [0.3, 0.4) is 0 Å². The van der Waals surface area contributed by atoms with E-state index in [1.165, 1.54) is 11.8 Å². The summed E-state index contributed by atoms with van der Waals surface area (Å²) in [6, 6.07) is -3.79. The number of thioether (sulfide) groups is 2. The molecule has 0 fully saturated rings. The first kappa shape index (κ1) is 32.8. The fourth-order valence-corrected chi connectivity index (χ4v) is 3.93. The molecule has 0 saturated carbocycles. The third-order valence-electron chi connectivity index (χ3n) is 5.02. The van der Waals surface area contributed by atoms with Gasteiger partial charge < -0.3 is 38.3 Å². The first-order valence-corrected chi connectivity index (χ1v) is 14.2. The first-order chi connectivity index (χ1) is 16.4. The summed E-state index contributed by atoms with van der Waals surface area (Å²) in [5.74, 6) is -1.92. The Hall–Kier alpha value is -2.19. The lowest BCUT2D eigenvalue weighted by Gasteiger charge is -2.27. The van der Waals surface area contributed by atoms with Crippen LogP contribution in [-0.4, -0.2) is 89.5 Å². The number of guanidine groups is 1. The van der Waals surface area contributed by atoms with E-state index in [4.69, 9.17) is 17.2 Å². The second-order valence-corrected chi connectivity index (χ2v) is 10.3. The maximum Gasteiger partial charge on any atom is 0.326 e. The van der Waals surface area contributed by atoms with Crippen LogP contribution in [0, 0.1) is 5.92 Å². The largest absolute Gasteiger partial charge is 0.480 e. The van der Waals surface area contributed by atoms with Gasteiger partial charge in [-0.05, 0) is 55.6 Å². The second-order valence-electron chi connectivity index (χ2n) is 8.31. The molecule has 0 aliphatic rings. The molecule has 0 aliphatic heterocycles. The second kappa shape index (κ2) is 18.1. The van der Waals surface area contributed by atoms with Gasteiger partial charge in [-0.25, -0.2) is 4.79 Å². The number of carbonyl (C=O) groups excluding carboxylic acids is 3. The molecule has 0 radical (unpaired) electrons. The highest BCUT2D eigenvalue weighted by molar-refractivity contribution is 7.98. The highest BCUT2D eigenvalue weighted by Gasteiger charge is 2.31. The quantitative estimate of drug-likeness (QED) is 0.0650. The fraction of sp³-hybridized carbons (Fsp3) is 0.762. The lowest BCUT2D eigenvalue weighted by Crippen LogP contribution is -2.58. The van der Waals surface area contributed by atoms with Gasteiger partial charge in [-0.1, -0.05) is 13.8 Å². The predicted molar refractivity (Wildman–Crippen MR) is 142 cm³/mol. The molecule has 0 aromatic heterocycles. The Bertz CT molecular complexity index is 720. The van der Waals surface area contributed by atoms with Crippen molar-refractivity contribution in [2.24, 2.45) is 28.1 Å². The number of carboxylic acid groups (broad SMARTS) is 1. The molecule has 0 bridgehead atoms. The van der Waals surface area contributed by atoms with Crippen molar-refractivity contribution in [2.75, 3.05) is 30.6 Å². The zero-order valence-corrected chi connectivity index (χ0v) is 22.5. The minimum Gasteiger partial charge on any atom is -0.480 e. The molecule has 35 heavy (non-hydrogen) atoms. The number of hydrogen-bond donors (Lipinski definition) is 7. The van der Waals surface area contributed by atoms with Gasteiger partial charge in [0.2, 0.25) is 17.7 Å². The smallest absolute Gasteiger partial charge is 0.326 e. The lowest BCUT2D eigenvalue weighted by molar-refractivity contribution is -0.142. The number of aliphatic imine (C=N–C) groups is 1. The number of carbonyl (C=O) groups is 4. The summed E-state index contributed by atoms with van der Waals surface area (Å²) in [6.45, 7) is 3.68. The van der Waals surface area contributed by atoms with E-state index in [2.05, 4.69) is 20.9 Å². The molecule has 202 valence electrons. The van der Waals surface area contributed by atoms with Gasteiger partial charge in [0, 0.05) is 6.54 Å². The Morgan fingerprint density at radius 1 is 0.857 bits per heavy atom. The maximum atomic E-state index is 13.0. The summed E-state index contributed by atoms with van der Waals surface area (Å²) in [5.41, 5.74) is 16.4. The first-order valence-electron chi connectivity index (χ1n) is 11.4. The van der Waals surface area contributed by atoms with Crippen LogP contribution in [0.25, 0.3) is 0 Å². The summed E-state index contributed by atoms with van der Waals surface area (Å²) in [5, 5.41) is 17.3. The highest BCUT2D eigenvalue weighted by Crippen LogP contribution is 2.08. The molecule has 0 aromatic carbocycles. The van der Waals surface area contributed by atoms with Crippen LogP contribution in [0.5, 0.6) is 0 Å². The minimum atomic E-state index is -1.21. The molecule has 14 heteroatoms. The van der Waals surface area contributed by atoms with Crippen LogP contribution in [0.4, 0.5) is 0 Å². The number of rotatable bonds is 18. The normalized spacial score (nSPS) is 14.3. The number of nitrogens with one attached hydrogen (secondary N) is 3. The van der Waals surface area contributed by atoms with Crippen LogP contribution in [-0.2, 0) is 19.2 Å². The summed E-state index contributed by atoms with van der Waals surface area (Å²) < 4.78 is 0. The summed E-state index contributed by atoms with van der Waals surface area (Å²) in [6.07, 6.45) is 5.06. The average Bonchev–Trinajstić information content (AvgIpc) is 2.79. The fourth-order valence-electron chi connectivity index (χ4n) is 2.97. The van der Waals surface area contributed by atoms with Crippen molar-refractivity contribution in [3.8, 4) is 0 Å². The number of carboxylic acids is 1. The van der Waals surface area contributed by atoms with Crippen molar-refractivity contribution >= 4 is 53.2 Å². The van der Waals surface area contributed by atoms with Crippen molar-refractivity contribution in [1.82, 2.24) is 16.0 Å². The number of nitrogens with two attached hydrogens (primary N) is 3. The molecule has 4 atom stereocenters. The van der Waals surface area contributed by atoms with Gasteiger partial charge in [0.15, 0.2) is 5.96 Å². The number of amides is 3. The molecule has 0 aliphatic carbocycles. The molecule has 0 rings (SSSR count). The molecule has 0 aromatic rings. The minimum absolute atomic E-state index is 0.100. The number of aliphatic carboxylic acids is 1. The zero-order valence-electron chi connectivity index (χ0n) is 20.9. The molecular formula is C21H41N7O5S2. The van der Waals surface area contributed by atoms with Crippen molar-refractivity contribution in [3.05, 3.63) is 0 Å². The number of nitrogens with zero attached hydrogens (tertiary/aromatic N) is 1. The van der Waals surface area contributed by atoms with Gasteiger partial charge in [-0.3, -0.25) is 19.4 Å². The molecule has 0 heterocycles. The topological polar surface area (TPSA) is 215 Å². The van der Waals surface area contributed by atoms with Crippen LogP contribution in [0.2, 0.25) is 0 Å². The highest BCUT2D eigenvalue weighted by atomic mass is 32.2. The summed E-state index contributed by atoms with van der Waals surface area (Å²) >= 11 is 3.08. The van der Waals surface area contributed by atoms with Crippen LogP contribution in [0.1, 0.15) is 39.5 Å². The van der Waals surface area contributed by atoms with E-state index in [0.717, 1.165) is 0 Å². The number of hydrogen-bond acceptors (Lipinski definition) is 8. The van der Waals surface area contributed by atoms with Gasteiger partial charge in [0.05, 0.1) is 6.04 Å². The molecule has 12 nitrogen and oxygen atoms in total. The SMILES string of the molecule is CSCCC(N)C(=O)NC(CCSC)C(=O)NC(C(=O)NC(CCCN=C(N)N)C(=O)O)C(C)C. The van der Waals surface area contributed by atoms with Crippen LogP contribution >= 0.6 is 23.5 Å². The van der Waals surface area contributed by atoms with Crippen LogP contribution < -0.4 is 33.2 Å². The summed E-state index contributed by atoms with van der Waals surface area (Å²) in [4.78, 5) is 53.8. The van der Waals surface area contributed by atoms with E-state index in [1.807, 2.05) is 12.5 Å². The molecular weight excluding hydrogens is 494 g/mol. The van der Waals surface area contributed by atoms with E-state index < -0.39 is 47.9 Å². The van der Waals surface area contributed by atoms with E-state index in [1.54, 1.807) is 25.6 Å². The van der Waals surface area contributed by atoms with E-state index in [-0.39, 0.29) is 24.8 Å². The van der Waals surface area contributed by atoms with Gasteiger partial charge in [0.25, 0.3) is 0 Å². The lowest BCUT2D eigenvalue weighted by atomic mass is 10.0. The standard InChI is InChI=1S/C21H41N7O5S2/c1-12(2)16(19(31)27-15(20(32)33)6-5-9-25-21(23)24)28-18(30)14(8-11-35-4)26-17(29)13(22)7-10-34-3/h12-16H,5-11,22H2,1-4H3,(H,26,29)(H,27,31)(H,28,30)(H,32,33)(H4,23,24,25). The Kier molecular flexibility index (Phi) is 17.0. The molecule has 0 saturated heterocycles. The van der Waals surface area contributed by atoms with Crippen molar-refractivity contribution in [2.45, 2.75) is 63.7 Å². The van der Waals surface area contributed by atoms with Crippen molar-refractivity contribution < 1.29 is 24.3 Å². The zero-order chi connectivity index (χ0) is 27.0. The molecule has 3 amide bonds. The summed E-state index contributed by atoms with van der Waals surface area (Å²) in [7, 11) is 0. The van der Waals surface area contributed by atoms with Crippen molar-refractivity contribution in [3.63, 3.8) is 0 Å². The van der Waals surface area contributed by atoms with Crippen molar-refractivity contribution in [1.29, 1.82) is 0 Å². The van der Waals surface area contributed by atoms with E-state index >= 15 is 0 Å². The van der Waals surface area contributed by atoms with Gasteiger partial charge in [-0.15, -0.1) is 0 Å². The van der Waals surface area contributed by atoms with Gasteiger partial charge in [0.1, 0.15) is 18.1 Å². The predicted octanol–water partition coefficient (Wildman–Crippen LogP) is -0.931. The van der Waals surface area contributed by atoms with E-state index in [9.17, 15) is 24.3 Å². The third kappa shape index (κ3) is 14.1. The molecule has 4 unspecified atom stereocenters. The Labute approximate surface area is 215 Å². The third-order valence-corrected chi connectivity index (χ3v) is 6.31. The Morgan fingerprint density at radius 2 is 1.43 bits per heavy atom. The maximum absolute atomic E-state index is 13.0. The van der Waals surface area contributed by atoms with E-state index in [0.29, 0.717) is 30.8 Å². The molecule has 0 spiro atoms. The van der Waals surface area contributed by atoms with Gasteiger partial charge >= 0.3 is 5.97 Å². The monoisotopic (exact) mass is 535 g/mol. The Morgan fingerprint density at radius 3 is 1.94 bits per heavy atom.